The van der Waals surface area contributed by atoms with Crippen LogP contribution in [-0.4, -0.2) is 43.3 Å². The van der Waals surface area contributed by atoms with Gasteiger partial charge in [0.25, 0.3) is 0 Å². The van der Waals surface area contributed by atoms with E-state index in [-0.39, 0.29) is 5.91 Å². The molecule has 1 aromatic heterocycles. The highest BCUT2D eigenvalue weighted by molar-refractivity contribution is 5.91. The molecular weight excluding hydrogens is 302 g/mol. The lowest BCUT2D eigenvalue weighted by molar-refractivity contribution is -0.116. The quantitative estimate of drug-likeness (QED) is 0.602. The molecule has 0 aliphatic rings. The normalized spacial score (nSPS) is 10.6. The number of amides is 1. The summed E-state index contributed by atoms with van der Waals surface area (Å²) in [6, 6.07) is 9.85. The van der Waals surface area contributed by atoms with Crippen LogP contribution in [0.3, 0.4) is 0 Å². The van der Waals surface area contributed by atoms with Crippen LogP contribution in [0, 0.1) is 6.92 Å². The summed E-state index contributed by atoms with van der Waals surface area (Å²) < 4.78 is 0. The molecule has 6 heteroatoms. The molecule has 2 N–H and O–H groups in total. The Kier molecular flexibility index (Phi) is 6.31. The molecule has 6 nitrogen and oxygen atoms in total. The molecule has 1 heterocycles. The molecule has 126 valence electrons. The second-order valence-electron chi connectivity index (χ2n) is 5.60. The Morgan fingerprint density at radius 2 is 2.04 bits per heavy atom. The lowest BCUT2D eigenvalue weighted by Crippen LogP contribution is -2.27. The van der Waals surface area contributed by atoms with Gasteiger partial charge in [0, 0.05) is 39.3 Å². The third-order valence-electron chi connectivity index (χ3n) is 3.49. The van der Waals surface area contributed by atoms with Crippen molar-refractivity contribution < 1.29 is 4.79 Å². The number of carbonyl (C=O) groups is 1. The van der Waals surface area contributed by atoms with E-state index < -0.39 is 0 Å². The summed E-state index contributed by atoms with van der Waals surface area (Å²) in [5.74, 6) is 0.569. The monoisotopic (exact) mass is 325 g/mol. The van der Waals surface area contributed by atoms with E-state index in [1.54, 1.807) is 12.3 Å². The highest BCUT2D eigenvalue weighted by atomic mass is 16.1. The Balaban J connectivity index is 1.75. The first kappa shape index (κ1) is 17.5. The van der Waals surface area contributed by atoms with E-state index >= 15 is 0 Å². The van der Waals surface area contributed by atoms with Crippen LogP contribution < -0.4 is 15.5 Å². The number of hydrogen-bond acceptors (Lipinski definition) is 5. The van der Waals surface area contributed by atoms with Crippen molar-refractivity contribution >= 4 is 23.5 Å². The van der Waals surface area contributed by atoms with Crippen LogP contribution in [0.5, 0.6) is 0 Å². The second-order valence-corrected chi connectivity index (χ2v) is 5.60. The van der Waals surface area contributed by atoms with Crippen molar-refractivity contribution in [2.45, 2.75) is 6.92 Å². The number of aromatic nitrogens is 2. The molecule has 0 radical (unpaired) electrons. The summed E-state index contributed by atoms with van der Waals surface area (Å²) in [5, 5.41) is 13.9. The molecule has 0 saturated heterocycles. The minimum Gasteiger partial charge on any atom is -0.376 e. The van der Waals surface area contributed by atoms with E-state index in [1.165, 1.54) is 0 Å². The number of nitrogens with one attached hydrogen (secondary N) is 2. The molecule has 1 amide bonds. The maximum absolute atomic E-state index is 11.8. The Bertz CT molecular complexity index is 712. The van der Waals surface area contributed by atoms with E-state index in [0.29, 0.717) is 18.9 Å². The summed E-state index contributed by atoms with van der Waals surface area (Å²) in [6.45, 7) is 3.10. The van der Waals surface area contributed by atoms with Crippen LogP contribution in [0.4, 0.5) is 11.5 Å². The van der Waals surface area contributed by atoms with Gasteiger partial charge in [-0.3, -0.25) is 4.79 Å². The van der Waals surface area contributed by atoms with Gasteiger partial charge in [-0.2, -0.15) is 5.10 Å². The average molecular weight is 325 g/mol. The predicted octanol–water partition coefficient (Wildman–Crippen LogP) is 2.09. The van der Waals surface area contributed by atoms with Gasteiger partial charge in [-0.25, -0.2) is 0 Å². The van der Waals surface area contributed by atoms with Crippen molar-refractivity contribution in [3.8, 4) is 0 Å². The fourth-order valence-electron chi connectivity index (χ4n) is 2.06. The van der Waals surface area contributed by atoms with Crippen LogP contribution >= 0.6 is 0 Å². The summed E-state index contributed by atoms with van der Waals surface area (Å²) in [4.78, 5) is 13.8. The molecule has 2 rings (SSSR count). The van der Waals surface area contributed by atoms with Crippen molar-refractivity contribution in [1.82, 2.24) is 15.5 Å². The van der Waals surface area contributed by atoms with Gasteiger partial charge in [-0.05, 0) is 24.1 Å². The summed E-state index contributed by atoms with van der Waals surface area (Å²) in [5.41, 5.74) is 3.15. The van der Waals surface area contributed by atoms with E-state index in [1.807, 2.05) is 62.3 Å². The number of rotatable bonds is 7. The van der Waals surface area contributed by atoms with Crippen molar-refractivity contribution in [3.63, 3.8) is 0 Å². The zero-order chi connectivity index (χ0) is 17.4. The Labute approximate surface area is 142 Å². The molecule has 0 spiro atoms. The summed E-state index contributed by atoms with van der Waals surface area (Å²) >= 11 is 0. The van der Waals surface area contributed by atoms with E-state index in [0.717, 1.165) is 16.8 Å². The van der Waals surface area contributed by atoms with Crippen molar-refractivity contribution in [2.75, 3.05) is 37.4 Å². The number of hydrogen-bond donors (Lipinski definition) is 2. The van der Waals surface area contributed by atoms with Crippen LogP contribution in [0.2, 0.25) is 0 Å². The molecule has 0 fully saturated rings. The van der Waals surface area contributed by atoms with Crippen LogP contribution in [0.15, 0.2) is 42.6 Å². The number of nitrogens with zero attached hydrogens (tertiary/aromatic N) is 3. The molecule has 0 aliphatic heterocycles. The maximum Gasteiger partial charge on any atom is 0.244 e. The van der Waals surface area contributed by atoms with Crippen molar-refractivity contribution in [2.24, 2.45) is 0 Å². The largest absolute Gasteiger partial charge is 0.376 e. The Morgan fingerprint density at radius 3 is 2.79 bits per heavy atom. The van der Waals surface area contributed by atoms with E-state index in [9.17, 15) is 4.79 Å². The molecule has 2 aromatic rings. The zero-order valence-electron chi connectivity index (χ0n) is 14.3. The second kappa shape index (κ2) is 8.67. The summed E-state index contributed by atoms with van der Waals surface area (Å²) in [7, 11) is 3.89. The molecule has 0 atom stereocenters. The maximum atomic E-state index is 11.8. The van der Waals surface area contributed by atoms with Gasteiger partial charge >= 0.3 is 0 Å². The molecule has 0 bridgehead atoms. The first-order valence-corrected chi connectivity index (χ1v) is 7.82. The van der Waals surface area contributed by atoms with E-state index in [4.69, 9.17) is 0 Å². The first-order valence-electron chi connectivity index (χ1n) is 7.82. The standard InChI is InChI=1S/C18H23N5O/c1-14-6-4-5-7-15(14)8-9-18(24)20-11-10-19-17-12-16(23(2)3)13-21-22-17/h4-9,12-13H,10-11H2,1-3H3,(H,19,22)(H,20,24)/b9-8+. The fraction of sp³-hybridized carbons (Fsp3) is 0.278. The molecule has 0 saturated carbocycles. The summed E-state index contributed by atoms with van der Waals surface area (Å²) in [6.07, 6.45) is 5.07. The minimum absolute atomic E-state index is 0.117. The number of benzene rings is 1. The fourth-order valence-corrected chi connectivity index (χ4v) is 2.06. The van der Waals surface area contributed by atoms with Gasteiger partial charge in [0.2, 0.25) is 5.91 Å². The van der Waals surface area contributed by atoms with Crippen molar-refractivity contribution in [3.05, 3.63) is 53.7 Å². The number of anilines is 2. The topological polar surface area (TPSA) is 70.2 Å². The van der Waals surface area contributed by atoms with Gasteiger partial charge in [0.1, 0.15) is 0 Å². The highest BCUT2D eigenvalue weighted by Gasteiger charge is 2.00. The van der Waals surface area contributed by atoms with Crippen molar-refractivity contribution in [1.29, 1.82) is 0 Å². The highest BCUT2D eigenvalue weighted by Crippen LogP contribution is 2.12. The van der Waals surface area contributed by atoms with Gasteiger partial charge in [-0.15, -0.1) is 5.10 Å². The SMILES string of the molecule is Cc1ccccc1/C=C/C(=O)NCCNc1cc(N(C)C)cnn1. The van der Waals surface area contributed by atoms with Crippen LogP contribution in [0.25, 0.3) is 6.08 Å². The number of aryl methyl sites for hydroxylation is 1. The lowest BCUT2D eigenvalue weighted by Gasteiger charge is -2.12. The van der Waals surface area contributed by atoms with E-state index in [2.05, 4.69) is 20.8 Å². The number of carbonyl (C=O) groups excluding carboxylic acids is 1. The molecule has 0 aliphatic carbocycles. The molecule has 24 heavy (non-hydrogen) atoms. The zero-order valence-corrected chi connectivity index (χ0v) is 14.3. The van der Waals surface area contributed by atoms with Gasteiger partial charge in [0.15, 0.2) is 5.82 Å². The van der Waals surface area contributed by atoms with Crippen LogP contribution in [0.1, 0.15) is 11.1 Å². The smallest absolute Gasteiger partial charge is 0.244 e. The lowest BCUT2D eigenvalue weighted by atomic mass is 10.1. The van der Waals surface area contributed by atoms with Crippen LogP contribution in [-0.2, 0) is 4.79 Å². The first-order chi connectivity index (χ1) is 11.6. The van der Waals surface area contributed by atoms with Gasteiger partial charge in [0.05, 0.1) is 11.9 Å². The van der Waals surface area contributed by atoms with Gasteiger partial charge in [-0.1, -0.05) is 24.3 Å². The third kappa shape index (κ3) is 5.39. The Hall–Kier alpha value is -2.89. The third-order valence-corrected chi connectivity index (χ3v) is 3.49. The Morgan fingerprint density at radius 1 is 1.25 bits per heavy atom. The predicted molar refractivity (Wildman–Crippen MR) is 98.1 cm³/mol. The minimum atomic E-state index is -0.117. The molecule has 1 aromatic carbocycles. The van der Waals surface area contributed by atoms with Gasteiger partial charge < -0.3 is 15.5 Å². The average Bonchev–Trinajstić information content (AvgIpc) is 2.58. The molecular formula is C18H23N5O. The molecule has 0 unspecified atom stereocenters.